The first-order chi connectivity index (χ1) is 10.4. The second-order valence-corrected chi connectivity index (χ2v) is 11.8. The van der Waals surface area contributed by atoms with E-state index in [1.807, 2.05) is 39.0 Å². The number of hydrogen-bond acceptors (Lipinski definition) is 3. The second-order valence-electron chi connectivity index (χ2n) is 3.87. The maximum absolute atomic E-state index is 4.95. The molecule has 10 heteroatoms. The van der Waals surface area contributed by atoms with Gasteiger partial charge < -0.3 is 0 Å². The van der Waals surface area contributed by atoms with Crippen molar-refractivity contribution in [3.8, 4) is 0 Å². The van der Waals surface area contributed by atoms with Gasteiger partial charge in [-0.15, -0.1) is 0 Å². The Morgan fingerprint density at radius 1 is 0.682 bits per heavy atom. The number of nitrogens with one attached hydrogen (secondary N) is 3. The summed E-state index contributed by atoms with van der Waals surface area (Å²) >= 11 is -1.75. The summed E-state index contributed by atoms with van der Waals surface area (Å²) in [6.45, 7) is 5.90. The molecule has 0 amide bonds. The van der Waals surface area contributed by atoms with Crippen molar-refractivity contribution in [3.63, 3.8) is 0 Å². The molecule has 3 aromatic rings. The molecule has 22 heavy (non-hydrogen) atoms. The fourth-order valence-corrected chi connectivity index (χ4v) is 0.976. The van der Waals surface area contributed by atoms with Crippen molar-refractivity contribution in [2.24, 2.45) is 0 Å². The molecule has 6 nitrogen and oxygen atoms in total. The molecule has 125 valence electrons. The first-order valence-corrected chi connectivity index (χ1v) is 12.7. The third-order valence-corrected chi connectivity index (χ3v) is 1.92. The van der Waals surface area contributed by atoms with Gasteiger partial charge in [0.25, 0.3) is 0 Å². The molecule has 0 unspecified atom stereocenters. The van der Waals surface area contributed by atoms with E-state index in [1.54, 1.807) is 18.6 Å². The van der Waals surface area contributed by atoms with Crippen molar-refractivity contribution in [2.45, 2.75) is 20.8 Å². The van der Waals surface area contributed by atoms with Gasteiger partial charge in [0, 0.05) is 35.7 Å². The molecule has 0 aliphatic heterocycles. The van der Waals surface area contributed by atoms with Gasteiger partial charge in [0.1, 0.15) is 0 Å². The molecule has 0 aliphatic carbocycles. The summed E-state index contributed by atoms with van der Waals surface area (Å²) in [6.07, 6.45) is 5.19. The quantitative estimate of drug-likeness (QED) is 0.445. The van der Waals surface area contributed by atoms with E-state index in [0.29, 0.717) is 0 Å². The molecule has 0 saturated heterocycles. The predicted octanol–water partition coefficient (Wildman–Crippen LogP) is 4.22. The van der Waals surface area contributed by atoms with E-state index < -0.39 is 13.0 Å². The zero-order valence-electron chi connectivity index (χ0n) is 12.3. The first-order valence-electron chi connectivity index (χ1n) is 5.96. The maximum atomic E-state index is 4.95. The van der Waals surface area contributed by atoms with E-state index in [9.17, 15) is 0 Å². The van der Waals surface area contributed by atoms with Crippen LogP contribution in [0, 0.1) is 20.8 Å². The summed E-state index contributed by atoms with van der Waals surface area (Å²) in [6, 6.07) is 5.75. The number of aryl methyl sites for hydroxylation is 3. The Labute approximate surface area is 147 Å². The van der Waals surface area contributed by atoms with E-state index in [4.69, 9.17) is 29.1 Å². The molecule has 0 aliphatic rings. The van der Waals surface area contributed by atoms with Gasteiger partial charge in [0.2, 0.25) is 0 Å². The van der Waals surface area contributed by atoms with E-state index in [0.717, 1.165) is 17.1 Å². The molecule has 3 aromatic heterocycles. The minimum atomic E-state index is -1.75. The van der Waals surface area contributed by atoms with Crippen LogP contribution in [-0.4, -0.2) is 30.6 Å². The van der Waals surface area contributed by atoms with E-state index in [-0.39, 0.29) is 0 Å². The summed E-state index contributed by atoms with van der Waals surface area (Å²) in [7, 11) is 14.8. The van der Waals surface area contributed by atoms with Crippen LogP contribution in [-0.2, 0) is 13.0 Å². The Hall–Kier alpha value is -0.877. The van der Waals surface area contributed by atoms with Crippen molar-refractivity contribution >= 4 is 29.1 Å². The van der Waals surface area contributed by atoms with Crippen molar-refractivity contribution < 1.29 is 13.0 Å². The zero-order valence-corrected chi connectivity index (χ0v) is 16.3. The van der Waals surface area contributed by atoms with Crippen LogP contribution in [0.15, 0.2) is 36.8 Å². The SMILES string of the molecule is Cc1ccn[nH]1.Cc1ccn[nH]1.Cc1ccn[nH]1.[Cl][Ru]([Cl])[Cl]. The molecule has 3 N–H and O–H groups in total. The summed E-state index contributed by atoms with van der Waals surface area (Å²) in [5.41, 5.74) is 3.32. The molecule has 0 bridgehead atoms. The molecule has 0 radical (unpaired) electrons. The Balaban J connectivity index is 0.000000271. The number of hydrogen-bond donors (Lipinski definition) is 3. The Morgan fingerprint density at radius 3 is 0.955 bits per heavy atom. The van der Waals surface area contributed by atoms with Gasteiger partial charge in [0.05, 0.1) is 0 Å². The van der Waals surface area contributed by atoms with Crippen LogP contribution in [0.25, 0.3) is 0 Å². The number of aromatic amines is 3. The van der Waals surface area contributed by atoms with Gasteiger partial charge in [-0.3, -0.25) is 15.3 Å². The van der Waals surface area contributed by atoms with Gasteiger partial charge in [-0.1, -0.05) is 0 Å². The van der Waals surface area contributed by atoms with Gasteiger partial charge in [0.15, 0.2) is 0 Å². The molecular formula is C12H18Cl3N6Ru. The normalized spacial score (nSPS) is 9.27. The molecule has 0 spiro atoms. The Morgan fingerprint density at radius 2 is 0.909 bits per heavy atom. The van der Waals surface area contributed by atoms with Crippen molar-refractivity contribution in [2.75, 3.05) is 0 Å². The van der Waals surface area contributed by atoms with Crippen LogP contribution in [0.2, 0.25) is 0 Å². The van der Waals surface area contributed by atoms with Crippen LogP contribution in [0.1, 0.15) is 17.1 Å². The summed E-state index contributed by atoms with van der Waals surface area (Å²) < 4.78 is 0. The van der Waals surface area contributed by atoms with E-state index in [1.165, 1.54) is 0 Å². The minimum absolute atomic E-state index is 1.11. The zero-order chi connectivity index (χ0) is 16.8. The van der Waals surface area contributed by atoms with Gasteiger partial charge in [-0.25, -0.2) is 0 Å². The van der Waals surface area contributed by atoms with Gasteiger partial charge in [-0.05, 0) is 39.0 Å². The molecule has 3 heterocycles. The second kappa shape index (κ2) is 13.8. The molecule has 0 aromatic carbocycles. The summed E-state index contributed by atoms with van der Waals surface area (Å²) in [4.78, 5) is 0. The van der Waals surface area contributed by atoms with Crippen LogP contribution in [0.3, 0.4) is 0 Å². The Kier molecular flexibility index (Phi) is 13.2. The standard InChI is InChI=1S/3C4H6N2.3ClH.Ru/c3*1-4-2-3-5-6-4;;;;/h3*2-3H,1H3,(H,5,6);3*1H;/q;;;;;;+3/p-3. The van der Waals surface area contributed by atoms with Crippen molar-refractivity contribution in [3.05, 3.63) is 53.9 Å². The van der Waals surface area contributed by atoms with E-state index in [2.05, 4.69) is 30.6 Å². The van der Waals surface area contributed by atoms with Crippen LogP contribution >= 0.6 is 29.1 Å². The Bertz CT molecular complexity index is 460. The number of nitrogens with zero attached hydrogens (tertiary/aromatic N) is 3. The average Bonchev–Trinajstić information content (AvgIpc) is 3.15. The third kappa shape index (κ3) is 15.5. The number of halogens is 3. The average molecular weight is 454 g/mol. The predicted molar refractivity (Wildman–Crippen MR) is 87.5 cm³/mol. The van der Waals surface area contributed by atoms with Gasteiger partial charge >= 0.3 is 42.1 Å². The van der Waals surface area contributed by atoms with Gasteiger partial charge in [-0.2, -0.15) is 15.3 Å². The number of aromatic nitrogens is 6. The van der Waals surface area contributed by atoms with E-state index >= 15 is 0 Å². The summed E-state index contributed by atoms with van der Waals surface area (Å²) in [5.74, 6) is 0. The first kappa shape index (κ1) is 21.1. The monoisotopic (exact) mass is 453 g/mol. The fraction of sp³-hybridized carbons (Fsp3) is 0.250. The topological polar surface area (TPSA) is 86.0 Å². The van der Waals surface area contributed by atoms with Crippen molar-refractivity contribution in [1.82, 2.24) is 30.6 Å². The fourth-order valence-electron chi connectivity index (χ4n) is 0.976. The van der Waals surface area contributed by atoms with Crippen LogP contribution in [0.4, 0.5) is 0 Å². The van der Waals surface area contributed by atoms with Crippen LogP contribution < -0.4 is 0 Å². The summed E-state index contributed by atoms with van der Waals surface area (Å²) in [5, 5.41) is 19.3. The molecule has 3 rings (SSSR count). The molecule has 0 atom stereocenters. The van der Waals surface area contributed by atoms with Crippen LogP contribution in [0.5, 0.6) is 0 Å². The number of rotatable bonds is 0. The molecular weight excluding hydrogens is 436 g/mol. The number of H-pyrrole nitrogens is 3. The molecule has 0 fully saturated rings. The van der Waals surface area contributed by atoms with Crippen molar-refractivity contribution in [1.29, 1.82) is 0 Å². The third-order valence-electron chi connectivity index (χ3n) is 1.92. The molecule has 0 saturated carbocycles.